The quantitative estimate of drug-likeness (QED) is 0.507. The lowest BCUT2D eigenvalue weighted by Gasteiger charge is -2.10. The van der Waals surface area contributed by atoms with Crippen LogP contribution in [0.25, 0.3) is 0 Å². The molecule has 0 aliphatic carbocycles. The van der Waals surface area contributed by atoms with Gasteiger partial charge >= 0.3 is 0 Å². The molecule has 0 aliphatic rings. The van der Waals surface area contributed by atoms with Crippen LogP contribution in [-0.4, -0.2) is 26.7 Å². The summed E-state index contributed by atoms with van der Waals surface area (Å²) < 4.78 is 27.6. The SMILES string of the molecule is CCCCCNC(=O)c1cccc(S(=O)(=O)Nc2ccc(C(C)=O)cc2)c1. The fraction of sp³-hybridized carbons (Fsp3) is 0.300. The largest absolute Gasteiger partial charge is 0.352 e. The van der Waals surface area contributed by atoms with Gasteiger partial charge in [-0.2, -0.15) is 0 Å². The molecule has 0 saturated carbocycles. The minimum absolute atomic E-state index is 0.000599. The average Bonchev–Trinajstić information content (AvgIpc) is 2.65. The number of nitrogens with one attached hydrogen (secondary N) is 2. The molecule has 2 aromatic carbocycles. The maximum atomic E-state index is 12.6. The van der Waals surface area contributed by atoms with Gasteiger partial charge in [0.25, 0.3) is 15.9 Å². The summed E-state index contributed by atoms with van der Waals surface area (Å²) in [5, 5.41) is 2.79. The maximum absolute atomic E-state index is 12.6. The fourth-order valence-corrected chi connectivity index (χ4v) is 3.57. The molecule has 2 N–H and O–H groups in total. The van der Waals surface area contributed by atoms with Crippen LogP contribution in [0.2, 0.25) is 0 Å². The number of Topliss-reactive ketones (excluding diaryl/α,β-unsaturated/α-hetero) is 1. The second kappa shape index (κ2) is 9.32. The Hall–Kier alpha value is -2.67. The molecule has 1 amide bonds. The first-order chi connectivity index (χ1) is 12.8. The topological polar surface area (TPSA) is 92.3 Å². The Kier molecular flexibility index (Phi) is 7.12. The normalized spacial score (nSPS) is 11.0. The highest BCUT2D eigenvalue weighted by Gasteiger charge is 2.16. The summed E-state index contributed by atoms with van der Waals surface area (Å²) in [5.41, 5.74) is 1.13. The summed E-state index contributed by atoms with van der Waals surface area (Å²) in [6.07, 6.45) is 2.97. The van der Waals surface area contributed by atoms with Crippen molar-refractivity contribution in [2.45, 2.75) is 38.0 Å². The van der Waals surface area contributed by atoms with Gasteiger partial charge in [0.05, 0.1) is 4.90 Å². The summed E-state index contributed by atoms with van der Waals surface area (Å²) >= 11 is 0. The van der Waals surface area contributed by atoms with Crippen LogP contribution in [0.15, 0.2) is 53.4 Å². The predicted octanol–water partition coefficient (Wildman–Crippen LogP) is 3.61. The Morgan fingerprint density at radius 3 is 2.30 bits per heavy atom. The van der Waals surface area contributed by atoms with Gasteiger partial charge in [0, 0.05) is 23.4 Å². The van der Waals surface area contributed by atoms with E-state index in [9.17, 15) is 18.0 Å². The third-order valence-corrected chi connectivity index (χ3v) is 5.40. The molecule has 0 bridgehead atoms. The van der Waals surface area contributed by atoms with E-state index >= 15 is 0 Å². The minimum atomic E-state index is -3.85. The van der Waals surface area contributed by atoms with Crippen LogP contribution in [0.4, 0.5) is 5.69 Å². The van der Waals surface area contributed by atoms with Crippen molar-refractivity contribution in [3.63, 3.8) is 0 Å². The van der Waals surface area contributed by atoms with E-state index in [1.165, 1.54) is 37.3 Å². The molecule has 144 valence electrons. The first-order valence-electron chi connectivity index (χ1n) is 8.85. The van der Waals surface area contributed by atoms with Gasteiger partial charge in [-0.15, -0.1) is 0 Å². The van der Waals surface area contributed by atoms with E-state index in [1.54, 1.807) is 18.2 Å². The van der Waals surface area contributed by atoms with Crippen LogP contribution >= 0.6 is 0 Å². The van der Waals surface area contributed by atoms with E-state index < -0.39 is 10.0 Å². The summed E-state index contributed by atoms with van der Waals surface area (Å²) in [5.74, 6) is -0.393. The van der Waals surface area contributed by atoms with Gasteiger partial charge in [-0.3, -0.25) is 14.3 Å². The number of amides is 1. The lowest BCUT2D eigenvalue weighted by Crippen LogP contribution is -2.24. The molecule has 0 unspecified atom stereocenters. The Labute approximate surface area is 160 Å². The third-order valence-electron chi connectivity index (χ3n) is 4.02. The van der Waals surface area contributed by atoms with Gasteiger partial charge in [-0.1, -0.05) is 25.8 Å². The Morgan fingerprint density at radius 1 is 0.963 bits per heavy atom. The van der Waals surface area contributed by atoms with Crippen molar-refractivity contribution in [1.82, 2.24) is 5.32 Å². The molecule has 0 fully saturated rings. The Bertz CT molecular complexity index is 906. The zero-order chi connectivity index (χ0) is 19.9. The summed E-state index contributed by atoms with van der Waals surface area (Å²) in [4.78, 5) is 23.5. The summed E-state index contributed by atoms with van der Waals surface area (Å²) in [7, 11) is -3.85. The van der Waals surface area contributed by atoms with Crippen LogP contribution in [0.1, 0.15) is 53.8 Å². The van der Waals surface area contributed by atoms with Crippen LogP contribution in [0, 0.1) is 0 Å². The molecule has 0 radical (unpaired) electrons. The van der Waals surface area contributed by atoms with E-state index in [0.717, 1.165) is 19.3 Å². The second-order valence-corrected chi connectivity index (χ2v) is 7.91. The zero-order valence-electron chi connectivity index (χ0n) is 15.5. The summed E-state index contributed by atoms with van der Waals surface area (Å²) in [6, 6.07) is 12.1. The number of hydrogen-bond acceptors (Lipinski definition) is 4. The number of anilines is 1. The molecule has 7 heteroatoms. The number of hydrogen-bond donors (Lipinski definition) is 2. The highest BCUT2D eigenvalue weighted by atomic mass is 32.2. The van der Waals surface area contributed by atoms with Crippen molar-refractivity contribution in [3.05, 3.63) is 59.7 Å². The highest BCUT2D eigenvalue weighted by Crippen LogP contribution is 2.18. The molecular weight excluding hydrogens is 364 g/mol. The molecule has 27 heavy (non-hydrogen) atoms. The van der Waals surface area contributed by atoms with Crippen molar-refractivity contribution >= 4 is 27.4 Å². The van der Waals surface area contributed by atoms with E-state index in [1.807, 2.05) is 0 Å². The first-order valence-corrected chi connectivity index (χ1v) is 10.3. The third kappa shape index (κ3) is 5.92. The highest BCUT2D eigenvalue weighted by molar-refractivity contribution is 7.92. The second-order valence-electron chi connectivity index (χ2n) is 6.23. The van der Waals surface area contributed by atoms with Crippen molar-refractivity contribution in [2.24, 2.45) is 0 Å². The molecule has 0 aromatic heterocycles. The maximum Gasteiger partial charge on any atom is 0.261 e. The minimum Gasteiger partial charge on any atom is -0.352 e. The van der Waals surface area contributed by atoms with Crippen LogP contribution in [-0.2, 0) is 10.0 Å². The predicted molar refractivity (Wildman–Crippen MR) is 106 cm³/mol. The van der Waals surface area contributed by atoms with Crippen LogP contribution in [0.3, 0.4) is 0 Å². The molecule has 2 rings (SSSR count). The Morgan fingerprint density at radius 2 is 1.67 bits per heavy atom. The van der Waals surface area contributed by atoms with Gasteiger partial charge in [0.1, 0.15) is 0 Å². The Balaban J connectivity index is 2.11. The van der Waals surface area contributed by atoms with Gasteiger partial charge in [0.2, 0.25) is 0 Å². The number of ketones is 1. The number of carbonyl (C=O) groups is 2. The van der Waals surface area contributed by atoms with Crippen molar-refractivity contribution < 1.29 is 18.0 Å². The van der Waals surface area contributed by atoms with Crippen LogP contribution < -0.4 is 10.0 Å². The summed E-state index contributed by atoms with van der Waals surface area (Å²) in [6.45, 7) is 4.08. The van der Waals surface area contributed by atoms with Crippen molar-refractivity contribution in [3.8, 4) is 0 Å². The number of sulfonamides is 1. The molecule has 0 spiro atoms. The van der Waals surface area contributed by atoms with E-state index in [-0.39, 0.29) is 16.6 Å². The molecular formula is C20H24N2O4S. The average molecular weight is 388 g/mol. The number of carbonyl (C=O) groups excluding carboxylic acids is 2. The molecule has 0 aliphatic heterocycles. The lowest BCUT2D eigenvalue weighted by atomic mass is 10.1. The number of rotatable bonds is 9. The van der Waals surface area contributed by atoms with Gasteiger partial charge in [-0.05, 0) is 55.8 Å². The number of benzene rings is 2. The van der Waals surface area contributed by atoms with Gasteiger partial charge in [-0.25, -0.2) is 8.42 Å². The molecule has 6 nitrogen and oxygen atoms in total. The standard InChI is InChI=1S/C20H24N2O4S/c1-3-4-5-13-21-20(24)17-7-6-8-19(14-17)27(25,26)22-18-11-9-16(10-12-18)15(2)23/h6-12,14,22H,3-5,13H2,1-2H3,(H,21,24). The molecule has 2 aromatic rings. The van der Waals surface area contributed by atoms with Crippen molar-refractivity contribution in [2.75, 3.05) is 11.3 Å². The smallest absolute Gasteiger partial charge is 0.261 e. The molecule has 0 heterocycles. The monoisotopic (exact) mass is 388 g/mol. The van der Waals surface area contributed by atoms with E-state index in [0.29, 0.717) is 23.4 Å². The van der Waals surface area contributed by atoms with Gasteiger partial charge < -0.3 is 5.32 Å². The fourth-order valence-electron chi connectivity index (χ4n) is 2.47. The number of unbranched alkanes of at least 4 members (excludes halogenated alkanes) is 2. The van der Waals surface area contributed by atoms with Crippen LogP contribution in [0.5, 0.6) is 0 Å². The van der Waals surface area contributed by atoms with Crippen molar-refractivity contribution in [1.29, 1.82) is 0 Å². The zero-order valence-corrected chi connectivity index (χ0v) is 16.3. The molecule has 0 atom stereocenters. The molecule has 0 saturated heterocycles. The first kappa shape index (κ1) is 20.6. The van der Waals surface area contributed by atoms with E-state index in [2.05, 4.69) is 17.0 Å². The van der Waals surface area contributed by atoms with E-state index in [4.69, 9.17) is 0 Å². The van der Waals surface area contributed by atoms with Gasteiger partial charge in [0.15, 0.2) is 5.78 Å². The lowest BCUT2D eigenvalue weighted by molar-refractivity contribution is 0.0951.